The van der Waals surface area contributed by atoms with Crippen molar-refractivity contribution in [2.75, 3.05) is 33.8 Å². The lowest BCUT2D eigenvalue weighted by Gasteiger charge is -2.12. The Kier molecular flexibility index (Phi) is 6.00. The lowest BCUT2D eigenvalue weighted by atomic mass is 10.1. The fourth-order valence-electron chi connectivity index (χ4n) is 2.60. The minimum Gasteiger partial charge on any atom is -0.497 e. The van der Waals surface area contributed by atoms with E-state index in [4.69, 9.17) is 18.9 Å². The van der Waals surface area contributed by atoms with Gasteiger partial charge in [-0.15, -0.1) is 0 Å². The summed E-state index contributed by atoms with van der Waals surface area (Å²) in [6.07, 6.45) is 3.09. The molecule has 0 bridgehead atoms. The van der Waals surface area contributed by atoms with Gasteiger partial charge in [-0.2, -0.15) is 0 Å². The molecule has 3 aromatic rings. The molecule has 0 saturated carbocycles. The van der Waals surface area contributed by atoms with Crippen molar-refractivity contribution in [3.8, 4) is 23.0 Å². The first-order chi connectivity index (χ1) is 13.6. The summed E-state index contributed by atoms with van der Waals surface area (Å²) < 4.78 is 22.1. The van der Waals surface area contributed by atoms with Gasteiger partial charge in [-0.05, 0) is 42.0 Å². The summed E-state index contributed by atoms with van der Waals surface area (Å²) in [4.78, 5) is 16.7. The van der Waals surface area contributed by atoms with Crippen molar-refractivity contribution in [3.63, 3.8) is 0 Å². The molecule has 3 rings (SSSR count). The molecule has 0 fully saturated rings. The Hall–Kier alpha value is -3.26. The van der Waals surface area contributed by atoms with Crippen LogP contribution in [0.1, 0.15) is 5.56 Å². The zero-order valence-corrected chi connectivity index (χ0v) is 16.8. The Morgan fingerprint density at radius 2 is 1.71 bits per heavy atom. The molecular formula is C20H20N2O5S. The number of methoxy groups -OCH3 is 4. The highest BCUT2D eigenvalue weighted by Gasteiger charge is 2.12. The lowest BCUT2D eigenvalue weighted by molar-refractivity contribution is -0.111. The number of carbonyl (C=O) groups is 1. The zero-order chi connectivity index (χ0) is 20.1. The summed E-state index contributed by atoms with van der Waals surface area (Å²) >= 11 is 1.38. The molecule has 1 heterocycles. The molecular weight excluding hydrogens is 380 g/mol. The summed E-state index contributed by atoms with van der Waals surface area (Å²) in [7, 11) is 6.23. The van der Waals surface area contributed by atoms with Gasteiger partial charge in [-0.3, -0.25) is 10.1 Å². The molecule has 146 valence electrons. The number of ether oxygens (including phenoxy) is 4. The highest BCUT2D eigenvalue weighted by Crippen LogP contribution is 2.38. The van der Waals surface area contributed by atoms with E-state index in [1.807, 2.05) is 18.2 Å². The number of anilines is 1. The number of amides is 1. The Bertz CT molecular complexity index is 1000. The molecule has 0 aliphatic heterocycles. The van der Waals surface area contributed by atoms with Crippen molar-refractivity contribution >= 4 is 38.7 Å². The Balaban J connectivity index is 1.76. The maximum Gasteiger partial charge on any atom is 0.250 e. The maximum atomic E-state index is 12.3. The van der Waals surface area contributed by atoms with Gasteiger partial charge in [0.1, 0.15) is 5.75 Å². The molecule has 0 radical (unpaired) electrons. The minimum absolute atomic E-state index is 0.292. The third-order valence-electron chi connectivity index (χ3n) is 3.94. The molecule has 0 unspecified atom stereocenters. The van der Waals surface area contributed by atoms with Gasteiger partial charge in [0.2, 0.25) is 11.7 Å². The highest BCUT2D eigenvalue weighted by molar-refractivity contribution is 7.22. The van der Waals surface area contributed by atoms with Gasteiger partial charge in [0.05, 0.1) is 38.7 Å². The number of hydrogen-bond donors (Lipinski definition) is 1. The van der Waals surface area contributed by atoms with Crippen LogP contribution in [0.5, 0.6) is 23.0 Å². The Morgan fingerprint density at radius 3 is 2.32 bits per heavy atom. The molecule has 1 amide bonds. The molecule has 0 spiro atoms. The number of carbonyl (C=O) groups excluding carboxylic acids is 1. The fraction of sp³-hybridized carbons (Fsp3) is 0.200. The number of rotatable bonds is 7. The summed E-state index contributed by atoms with van der Waals surface area (Å²) in [6, 6.07) is 9.09. The normalized spacial score (nSPS) is 10.9. The van der Waals surface area contributed by atoms with E-state index in [1.54, 1.807) is 39.5 Å². The summed E-state index contributed by atoms with van der Waals surface area (Å²) in [6.45, 7) is 0. The van der Waals surface area contributed by atoms with E-state index in [0.29, 0.717) is 22.4 Å². The van der Waals surface area contributed by atoms with E-state index in [9.17, 15) is 4.79 Å². The van der Waals surface area contributed by atoms with Crippen LogP contribution >= 0.6 is 11.3 Å². The molecule has 1 aromatic heterocycles. The van der Waals surface area contributed by atoms with Crippen molar-refractivity contribution < 1.29 is 23.7 Å². The summed E-state index contributed by atoms with van der Waals surface area (Å²) in [5.74, 6) is 1.98. The minimum atomic E-state index is -0.292. The lowest BCUT2D eigenvalue weighted by Crippen LogP contribution is -2.07. The van der Waals surface area contributed by atoms with Gasteiger partial charge in [0.15, 0.2) is 16.6 Å². The topological polar surface area (TPSA) is 78.9 Å². The average Bonchev–Trinajstić information content (AvgIpc) is 3.12. The van der Waals surface area contributed by atoms with E-state index in [0.717, 1.165) is 21.5 Å². The van der Waals surface area contributed by atoms with Crippen molar-refractivity contribution in [1.82, 2.24) is 4.98 Å². The van der Waals surface area contributed by atoms with E-state index < -0.39 is 0 Å². The van der Waals surface area contributed by atoms with Gasteiger partial charge in [0.25, 0.3) is 0 Å². The third-order valence-corrected chi connectivity index (χ3v) is 4.87. The smallest absolute Gasteiger partial charge is 0.250 e. The second-order valence-corrected chi connectivity index (χ2v) is 6.66. The molecule has 0 aliphatic carbocycles. The summed E-state index contributed by atoms with van der Waals surface area (Å²) in [5.41, 5.74) is 1.54. The first-order valence-electron chi connectivity index (χ1n) is 8.31. The molecule has 2 aromatic carbocycles. The number of aromatic nitrogens is 1. The summed E-state index contributed by atoms with van der Waals surface area (Å²) in [5, 5.41) is 3.29. The first kappa shape index (κ1) is 19.5. The van der Waals surface area contributed by atoms with Crippen LogP contribution in [0.4, 0.5) is 5.13 Å². The predicted octanol–water partition coefficient (Wildman–Crippen LogP) is 3.98. The van der Waals surface area contributed by atoms with Crippen molar-refractivity contribution in [2.24, 2.45) is 0 Å². The van der Waals surface area contributed by atoms with Crippen molar-refractivity contribution in [3.05, 3.63) is 42.0 Å². The van der Waals surface area contributed by atoms with Crippen LogP contribution in [0.15, 0.2) is 36.4 Å². The van der Waals surface area contributed by atoms with Crippen LogP contribution in [0.2, 0.25) is 0 Å². The average molecular weight is 400 g/mol. The van der Waals surface area contributed by atoms with Gasteiger partial charge in [-0.1, -0.05) is 11.3 Å². The van der Waals surface area contributed by atoms with E-state index in [-0.39, 0.29) is 5.91 Å². The quantitative estimate of drug-likeness (QED) is 0.605. The maximum absolute atomic E-state index is 12.3. The predicted molar refractivity (Wildman–Crippen MR) is 110 cm³/mol. The van der Waals surface area contributed by atoms with Crippen LogP contribution in [0, 0.1) is 0 Å². The second-order valence-electron chi connectivity index (χ2n) is 5.63. The van der Waals surface area contributed by atoms with E-state index >= 15 is 0 Å². The second kappa shape index (κ2) is 8.62. The van der Waals surface area contributed by atoms with Crippen molar-refractivity contribution in [1.29, 1.82) is 0 Å². The number of hydrogen-bond acceptors (Lipinski definition) is 7. The first-order valence-corrected chi connectivity index (χ1v) is 9.13. The van der Waals surface area contributed by atoms with Gasteiger partial charge >= 0.3 is 0 Å². The van der Waals surface area contributed by atoms with E-state index in [1.165, 1.54) is 24.5 Å². The Morgan fingerprint density at radius 1 is 1.00 bits per heavy atom. The Labute approximate surface area is 166 Å². The van der Waals surface area contributed by atoms with E-state index in [2.05, 4.69) is 10.3 Å². The van der Waals surface area contributed by atoms with Crippen LogP contribution < -0.4 is 24.3 Å². The molecule has 0 atom stereocenters. The number of fused-ring (bicyclic) bond motifs is 1. The van der Waals surface area contributed by atoms with Crippen LogP contribution in [0.3, 0.4) is 0 Å². The molecule has 8 heteroatoms. The zero-order valence-electron chi connectivity index (χ0n) is 15.9. The molecule has 28 heavy (non-hydrogen) atoms. The number of nitrogens with zero attached hydrogens (tertiary/aromatic N) is 1. The van der Waals surface area contributed by atoms with Crippen LogP contribution in [-0.4, -0.2) is 39.3 Å². The number of thiazole rings is 1. The van der Waals surface area contributed by atoms with Crippen LogP contribution in [-0.2, 0) is 4.79 Å². The monoisotopic (exact) mass is 400 g/mol. The largest absolute Gasteiger partial charge is 0.497 e. The SMILES string of the molecule is COc1ccc2nc(NC(=O)/C=C/c3cc(OC)c(OC)c(OC)c3)sc2c1. The molecule has 0 aliphatic rings. The molecule has 1 N–H and O–H groups in total. The van der Waals surface area contributed by atoms with Gasteiger partial charge < -0.3 is 18.9 Å². The van der Waals surface area contributed by atoms with Crippen molar-refractivity contribution in [2.45, 2.75) is 0 Å². The molecule has 7 nitrogen and oxygen atoms in total. The standard InChI is InChI=1S/C20H20N2O5S/c1-24-13-6-7-14-17(11-13)28-20(21-14)22-18(23)8-5-12-9-15(25-2)19(27-4)16(10-12)26-3/h5-11H,1-4H3,(H,21,22,23)/b8-5+. The third kappa shape index (κ3) is 4.17. The van der Waals surface area contributed by atoms with Gasteiger partial charge in [0, 0.05) is 6.08 Å². The number of nitrogens with one attached hydrogen (secondary N) is 1. The number of benzene rings is 2. The molecule has 0 saturated heterocycles. The fourth-order valence-corrected chi connectivity index (χ4v) is 3.50. The highest BCUT2D eigenvalue weighted by atomic mass is 32.1. The van der Waals surface area contributed by atoms with Gasteiger partial charge in [-0.25, -0.2) is 4.98 Å². The van der Waals surface area contributed by atoms with Crippen LogP contribution in [0.25, 0.3) is 16.3 Å².